The molecule has 0 aromatic heterocycles. The third-order valence-electron chi connectivity index (χ3n) is 5.76. The van der Waals surface area contributed by atoms with Crippen LogP contribution in [0.5, 0.6) is 0 Å². The fraction of sp³-hybridized carbons (Fsp3) is 0.148. The highest BCUT2D eigenvalue weighted by molar-refractivity contribution is 6.53. The van der Waals surface area contributed by atoms with Gasteiger partial charge >= 0.3 is 0 Å². The first-order valence-corrected chi connectivity index (χ1v) is 11.8. The Morgan fingerprint density at radius 2 is 1.66 bits per heavy atom. The summed E-state index contributed by atoms with van der Waals surface area (Å²) in [5.41, 5.74) is 3.62. The van der Waals surface area contributed by atoms with E-state index in [0.29, 0.717) is 34.1 Å². The zero-order valence-electron chi connectivity index (χ0n) is 19.4. The van der Waals surface area contributed by atoms with Crippen molar-refractivity contribution in [1.29, 1.82) is 0 Å². The van der Waals surface area contributed by atoms with Gasteiger partial charge in [0.1, 0.15) is 10.7 Å². The molecule has 3 aromatic carbocycles. The zero-order chi connectivity index (χ0) is 25.3. The van der Waals surface area contributed by atoms with Crippen molar-refractivity contribution in [3.05, 3.63) is 99.2 Å². The van der Waals surface area contributed by atoms with Crippen molar-refractivity contribution in [3.8, 4) is 0 Å². The zero-order valence-corrected chi connectivity index (χ0v) is 20.9. The lowest BCUT2D eigenvalue weighted by Crippen LogP contribution is -2.33. The molecule has 0 spiro atoms. The van der Waals surface area contributed by atoms with E-state index in [4.69, 9.17) is 23.2 Å². The second kappa shape index (κ2) is 9.94. The normalized spacial score (nSPS) is 13.5. The number of carbonyl (C=O) groups is 3. The van der Waals surface area contributed by atoms with Gasteiger partial charge in [-0.05, 0) is 74.4 Å². The van der Waals surface area contributed by atoms with Gasteiger partial charge in [0.15, 0.2) is 0 Å². The molecule has 1 heterocycles. The molecule has 0 saturated heterocycles. The van der Waals surface area contributed by atoms with E-state index >= 15 is 0 Å². The number of amides is 3. The molecule has 0 saturated carbocycles. The summed E-state index contributed by atoms with van der Waals surface area (Å²) in [6, 6.07) is 19.4. The summed E-state index contributed by atoms with van der Waals surface area (Å²) in [4.78, 5) is 42.0. The summed E-state index contributed by atoms with van der Waals surface area (Å²) in [7, 11) is 0. The van der Waals surface area contributed by atoms with Crippen LogP contribution in [-0.2, 0) is 9.59 Å². The number of anilines is 3. The highest BCUT2D eigenvalue weighted by Crippen LogP contribution is 2.34. The molecule has 0 unspecified atom stereocenters. The minimum Gasteiger partial charge on any atom is -0.350 e. The number of hydrogen-bond donors (Lipinski definition) is 1. The molecule has 0 aliphatic carbocycles. The molecule has 1 aliphatic rings. The third-order valence-corrected chi connectivity index (χ3v) is 6.52. The number of carbonyl (C=O) groups excluding carboxylic acids is 3. The fourth-order valence-electron chi connectivity index (χ4n) is 3.94. The topological polar surface area (TPSA) is 69.7 Å². The Kier molecular flexibility index (Phi) is 6.96. The smallest absolute Gasteiger partial charge is 0.283 e. The highest BCUT2D eigenvalue weighted by atomic mass is 35.5. The quantitative estimate of drug-likeness (QED) is 0.411. The van der Waals surface area contributed by atoms with Crippen LogP contribution in [0, 0.1) is 13.8 Å². The lowest BCUT2D eigenvalue weighted by molar-refractivity contribution is -0.120. The number of benzene rings is 3. The van der Waals surface area contributed by atoms with Crippen LogP contribution < -0.4 is 15.1 Å². The lowest BCUT2D eigenvalue weighted by Gasteiger charge is -2.22. The van der Waals surface area contributed by atoms with Gasteiger partial charge in [-0.3, -0.25) is 14.4 Å². The second-order valence-corrected chi connectivity index (χ2v) is 8.90. The first-order chi connectivity index (χ1) is 16.7. The Bertz CT molecular complexity index is 1380. The molecule has 0 atom stereocenters. The highest BCUT2D eigenvalue weighted by Gasteiger charge is 2.39. The van der Waals surface area contributed by atoms with Crippen molar-refractivity contribution < 1.29 is 14.4 Å². The molecule has 35 heavy (non-hydrogen) atoms. The lowest BCUT2D eigenvalue weighted by atomic mass is 10.1. The second-order valence-electron chi connectivity index (χ2n) is 8.11. The Morgan fingerprint density at radius 1 is 0.943 bits per heavy atom. The van der Waals surface area contributed by atoms with Crippen LogP contribution in [0.25, 0.3) is 0 Å². The van der Waals surface area contributed by atoms with E-state index in [9.17, 15) is 14.4 Å². The van der Waals surface area contributed by atoms with Crippen LogP contribution in [0.2, 0.25) is 5.02 Å². The summed E-state index contributed by atoms with van der Waals surface area (Å²) in [5.74, 6) is -1.43. The predicted octanol–water partition coefficient (Wildman–Crippen LogP) is 6.06. The minimum absolute atomic E-state index is 0.0633. The molecule has 1 aliphatic heterocycles. The molecule has 6 nitrogen and oxygen atoms in total. The molecular weight excluding hydrogens is 485 g/mol. The van der Waals surface area contributed by atoms with E-state index in [0.717, 1.165) is 16.2 Å². The molecule has 4 rings (SSSR count). The van der Waals surface area contributed by atoms with Gasteiger partial charge in [-0.2, -0.15) is 0 Å². The van der Waals surface area contributed by atoms with Crippen molar-refractivity contribution in [2.45, 2.75) is 20.8 Å². The van der Waals surface area contributed by atoms with E-state index in [1.54, 1.807) is 54.3 Å². The summed E-state index contributed by atoms with van der Waals surface area (Å²) >= 11 is 12.5. The Labute approximate surface area is 213 Å². The molecule has 0 bridgehead atoms. The van der Waals surface area contributed by atoms with Crippen LogP contribution in [0.4, 0.5) is 17.1 Å². The molecule has 3 amide bonds. The number of hydrogen-bond acceptors (Lipinski definition) is 4. The molecular formula is C27H23Cl2N3O3. The van der Waals surface area contributed by atoms with Crippen LogP contribution in [-0.4, -0.2) is 24.3 Å². The number of aryl methyl sites for hydroxylation is 1. The maximum Gasteiger partial charge on any atom is 0.283 e. The van der Waals surface area contributed by atoms with Gasteiger partial charge in [0.2, 0.25) is 0 Å². The first kappa shape index (κ1) is 24.5. The maximum atomic E-state index is 13.3. The molecule has 178 valence electrons. The van der Waals surface area contributed by atoms with Gasteiger partial charge in [0.05, 0.1) is 5.69 Å². The molecule has 1 N–H and O–H groups in total. The van der Waals surface area contributed by atoms with Crippen molar-refractivity contribution in [2.75, 3.05) is 21.7 Å². The third kappa shape index (κ3) is 4.67. The summed E-state index contributed by atoms with van der Waals surface area (Å²) in [6.07, 6.45) is 0. The van der Waals surface area contributed by atoms with Gasteiger partial charge in [0.25, 0.3) is 17.7 Å². The van der Waals surface area contributed by atoms with Gasteiger partial charge in [-0.1, -0.05) is 47.5 Å². The van der Waals surface area contributed by atoms with Gasteiger partial charge in [0, 0.05) is 28.5 Å². The summed E-state index contributed by atoms with van der Waals surface area (Å²) in [6.45, 7) is 6.08. The molecule has 0 radical (unpaired) electrons. The number of rotatable bonds is 6. The molecule has 3 aromatic rings. The van der Waals surface area contributed by atoms with Crippen molar-refractivity contribution >= 4 is 58.0 Å². The van der Waals surface area contributed by atoms with Crippen LogP contribution in [0.1, 0.15) is 28.4 Å². The van der Waals surface area contributed by atoms with Gasteiger partial charge in [-0.25, -0.2) is 4.90 Å². The van der Waals surface area contributed by atoms with Gasteiger partial charge in [-0.15, -0.1) is 0 Å². The molecule has 8 heteroatoms. The van der Waals surface area contributed by atoms with Crippen molar-refractivity contribution in [2.24, 2.45) is 0 Å². The number of nitrogens with zero attached hydrogens (tertiary/aromatic N) is 2. The summed E-state index contributed by atoms with van der Waals surface area (Å²) in [5, 5.41) is 3.13. The monoisotopic (exact) mass is 507 g/mol. The summed E-state index contributed by atoms with van der Waals surface area (Å²) < 4.78 is 0. The standard InChI is InChI=1S/C27H23Cl2N3O3/c1-4-31(20-11-5-8-16(2)14-20)25(33)18-9-6-10-19(15-18)30-24-23(29)26(34)32(27(24)35)22-13-7-12-21(28)17(22)3/h5-15,30H,4H2,1-3H3. The van der Waals surface area contributed by atoms with E-state index in [2.05, 4.69) is 5.32 Å². The number of halogens is 2. The molecule has 0 fully saturated rings. The van der Waals surface area contributed by atoms with Crippen LogP contribution in [0.3, 0.4) is 0 Å². The van der Waals surface area contributed by atoms with Gasteiger partial charge < -0.3 is 10.2 Å². The van der Waals surface area contributed by atoms with Crippen LogP contribution >= 0.6 is 23.2 Å². The van der Waals surface area contributed by atoms with E-state index in [-0.39, 0.29) is 16.6 Å². The minimum atomic E-state index is -0.645. The number of imide groups is 1. The average Bonchev–Trinajstić information content (AvgIpc) is 3.05. The average molecular weight is 508 g/mol. The predicted molar refractivity (Wildman–Crippen MR) is 140 cm³/mol. The van der Waals surface area contributed by atoms with E-state index in [1.165, 1.54) is 0 Å². The van der Waals surface area contributed by atoms with Crippen LogP contribution in [0.15, 0.2) is 77.5 Å². The largest absolute Gasteiger partial charge is 0.350 e. The first-order valence-electron chi connectivity index (χ1n) is 11.0. The Hall–Kier alpha value is -3.61. The Balaban J connectivity index is 1.61. The van der Waals surface area contributed by atoms with E-state index in [1.807, 2.05) is 38.1 Å². The van der Waals surface area contributed by atoms with Crippen molar-refractivity contribution in [1.82, 2.24) is 0 Å². The number of nitrogens with one attached hydrogen (secondary N) is 1. The SMILES string of the molecule is CCN(C(=O)c1cccc(NC2=C(Cl)C(=O)N(c3cccc(Cl)c3C)C2=O)c1)c1cccc(C)c1. The Morgan fingerprint density at radius 3 is 2.37 bits per heavy atom. The van der Waals surface area contributed by atoms with E-state index < -0.39 is 11.8 Å². The fourth-order valence-corrected chi connectivity index (χ4v) is 4.32. The van der Waals surface area contributed by atoms with Crippen molar-refractivity contribution in [3.63, 3.8) is 0 Å². The maximum absolute atomic E-state index is 13.3.